The van der Waals surface area contributed by atoms with Crippen LogP contribution >= 0.6 is 0 Å². The van der Waals surface area contributed by atoms with Gasteiger partial charge in [-0.3, -0.25) is 9.59 Å². The minimum absolute atomic E-state index is 0.0521. The molecule has 0 spiro atoms. The molecule has 0 unspecified atom stereocenters. The summed E-state index contributed by atoms with van der Waals surface area (Å²) in [7, 11) is 0. The van der Waals surface area contributed by atoms with Gasteiger partial charge in [-0.05, 0) is 37.6 Å². The lowest BCUT2D eigenvalue weighted by atomic mass is 10.1. The molecule has 142 valence electrons. The van der Waals surface area contributed by atoms with E-state index in [4.69, 9.17) is 5.73 Å². The van der Waals surface area contributed by atoms with Crippen molar-refractivity contribution in [1.82, 2.24) is 25.2 Å². The van der Waals surface area contributed by atoms with Gasteiger partial charge in [0.2, 0.25) is 12.4 Å². The summed E-state index contributed by atoms with van der Waals surface area (Å²) >= 11 is 0. The number of nitrogens with zero attached hydrogens (tertiary/aromatic N) is 3. The Morgan fingerprint density at radius 2 is 2.00 bits per heavy atom. The molecule has 1 aromatic carbocycles. The zero-order valence-corrected chi connectivity index (χ0v) is 15.1. The van der Waals surface area contributed by atoms with E-state index in [-0.39, 0.29) is 23.4 Å². The van der Waals surface area contributed by atoms with Gasteiger partial charge >= 0.3 is 0 Å². The number of halogens is 1. The number of benzene rings is 1. The lowest BCUT2D eigenvalue weighted by Crippen LogP contribution is -2.25. The number of rotatable bonds is 5. The first-order valence-electron chi connectivity index (χ1n) is 8.38. The summed E-state index contributed by atoms with van der Waals surface area (Å²) in [6.45, 7) is 4.87. The Bertz CT molecular complexity index is 941. The molecular weight excluding hydrogens is 351 g/mol. The van der Waals surface area contributed by atoms with Crippen LogP contribution in [0.2, 0.25) is 0 Å². The van der Waals surface area contributed by atoms with Gasteiger partial charge in [-0.2, -0.15) is 4.98 Å². The fraction of sp³-hybridized carbons (Fsp3) is 0.222. The molecule has 0 radical (unpaired) electrons. The summed E-state index contributed by atoms with van der Waals surface area (Å²) in [6, 6.07) is 9.56. The third-order valence-electron chi connectivity index (χ3n) is 3.50. The second-order valence-corrected chi connectivity index (χ2v) is 5.38. The van der Waals surface area contributed by atoms with Gasteiger partial charge in [-0.25, -0.2) is 8.91 Å². The van der Waals surface area contributed by atoms with Gasteiger partial charge in [0.25, 0.3) is 5.91 Å². The Hall–Kier alpha value is -3.49. The number of carbonyl (C=O) groups excluding carboxylic acids is 2. The number of pyridine rings is 1. The Morgan fingerprint density at radius 1 is 1.26 bits per heavy atom. The zero-order valence-electron chi connectivity index (χ0n) is 15.1. The average molecular weight is 372 g/mol. The lowest BCUT2D eigenvalue weighted by Gasteiger charge is -2.08. The fourth-order valence-corrected chi connectivity index (χ4v) is 2.35. The van der Waals surface area contributed by atoms with E-state index in [1.54, 1.807) is 30.3 Å². The number of fused-ring (bicyclic) bond motifs is 1. The zero-order chi connectivity index (χ0) is 19.8. The normalized spacial score (nSPS) is 10.0. The van der Waals surface area contributed by atoms with E-state index in [9.17, 15) is 14.0 Å². The first-order chi connectivity index (χ1) is 13.0. The van der Waals surface area contributed by atoms with Gasteiger partial charge in [0.1, 0.15) is 11.5 Å². The molecule has 27 heavy (non-hydrogen) atoms. The van der Waals surface area contributed by atoms with Gasteiger partial charge in [0.15, 0.2) is 5.65 Å². The van der Waals surface area contributed by atoms with Crippen LogP contribution in [0, 0.1) is 5.82 Å². The quantitative estimate of drug-likeness (QED) is 0.589. The second kappa shape index (κ2) is 9.27. The van der Waals surface area contributed by atoms with E-state index in [0.29, 0.717) is 29.7 Å². The van der Waals surface area contributed by atoms with Crippen molar-refractivity contribution in [3.63, 3.8) is 0 Å². The Kier molecular flexibility index (Phi) is 6.81. The van der Waals surface area contributed by atoms with Crippen LogP contribution in [-0.2, 0) is 4.79 Å². The highest BCUT2D eigenvalue weighted by Gasteiger charge is 2.16. The SMILES string of the molecule is CCNC(=O)c1cc(-c2ccccc2F)cc2nc(N)nn12.CCNC=O. The molecule has 4 N–H and O–H groups in total. The smallest absolute Gasteiger partial charge is 0.270 e. The third kappa shape index (κ3) is 4.78. The maximum absolute atomic E-state index is 14.0. The molecule has 8 nitrogen and oxygen atoms in total. The monoisotopic (exact) mass is 372 g/mol. The number of nitrogens with one attached hydrogen (secondary N) is 2. The first kappa shape index (κ1) is 19.8. The van der Waals surface area contributed by atoms with Crippen molar-refractivity contribution in [2.75, 3.05) is 18.8 Å². The number of anilines is 1. The Balaban J connectivity index is 0.000000465. The summed E-state index contributed by atoms with van der Waals surface area (Å²) in [4.78, 5) is 25.6. The van der Waals surface area contributed by atoms with Crippen LogP contribution in [0.15, 0.2) is 36.4 Å². The fourth-order valence-electron chi connectivity index (χ4n) is 2.35. The Morgan fingerprint density at radius 3 is 2.59 bits per heavy atom. The highest BCUT2D eigenvalue weighted by molar-refractivity contribution is 5.94. The van der Waals surface area contributed by atoms with Gasteiger partial charge in [-0.15, -0.1) is 5.10 Å². The van der Waals surface area contributed by atoms with Crippen molar-refractivity contribution in [1.29, 1.82) is 0 Å². The molecule has 0 aliphatic rings. The van der Waals surface area contributed by atoms with Crippen LogP contribution in [0.5, 0.6) is 0 Å². The molecule has 0 saturated heterocycles. The molecule has 0 aliphatic carbocycles. The van der Waals surface area contributed by atoms with Crippen molar-refractivity contribution in [2.45, 2.75) is 13.8 Å². The van der Waals surface area contributed by atoms with Crippen molar-refractivity contribution >= 4 is 23.9 Å². The summed E-state index contributed by atoms with van der Waals surface area (Å²) in [6.07, 6.45) is 0.681. The number of nitrogens with two attached hydrogens (primary N) is 1. The van der Waals surface area contributed by atoms with Crippen LogP contribution in [0.3, 0.4) is 0 Å². The molecule has 9 heteroatoms. The molecule has 3 aromatic rings. The van der Waals surface area contributed by atoms with Crippen LogP contribution in [0.25, 0.3) is 16.8 Å². The molecule has 2 heterocycles. The van der Waals surface area contributed by atoms with E-state index in [1.807, 2.05) is 13.8 Å². The maximum atomic E-state index is 14.0. The summed E-state index contributed by atoms with van der Waals surface area (Å²) < 4.78 is 15.3. The maximum Gasteiger partial charge on any atom is 0.270 e. The van der Waals surface area contributed by atoms with Crippen LogP contribution < -0.4 is 16.4 Å². The molecule has 0 saturated carbocycles. The van der Waals surface area contributed by atoms with E-state index in [2.05, 4.69) is 20.7 Å². The summed E-state index contributed by atoms with van der Waals surface area (Å²) in [5.41, 5.74) is 7.17. The number of hydrogen-bond donors (Lipinski definition) is 3. The molecule has 0 aliphatic heterocycles. The number of nitrogen functional groups attached to an aromatic ring is 1. The predicted molar refractivity (Wildman–Crippen MR) is 101 cm³/mol. The van der Waals surface area contributed by atoms with Gasteiger partial charge in [-0.1, -0.05) is 18.2 Å². The molecular formula is C18H21FN6O2. The van der Waals surface area contributed by atoms with Crippen LogP contribution in [-0.4, -0.2) is 40.0 Å². The predicted octanol–water partition coefficient (Wildman–Crippen LogP) is 1.62. The topological polar surface area (TPSA) is 114 Å². The highest BCUT2D eigenvalue weighted by Crippen LogP contribution is 2.25. The first-order valence-corrected chi connectivity index (χ1v) is 8.38. The number of carbonyl (C=O) groups is 2. The largest absolute Gasteiger partial charge is 0.366 e. The average Bonchev–Trinajstić information content (AvgIpc) is 3.02. The van der Waals surface area contributed by atoms with E-state index >= 15 is 0 Å². The minimum atomic E-state index is -0.374. The van der Waals surface area contributed by atoms with Crippen molar-refractivity contribution in [2.24, 2.45) is 0 Å². The van der Waals surface area contributed by atoms with Gasteiger partial charge < -0.3 is 16.4 Å². The Labute approximate surface area is 155 Å². The van der Waals surface area contributed by atoms with Crippen molar-refractivity contribution in [3.05, 3.63) is 47.9 Å². The van der Waals surface area contributed by atoms with Crippen LogP contribution in [0.1, 0.15) is 24.3 Å². The summed E-state index contributed by atoms with van der Waals surface area (Å²) in [5, 5.41) is 9.13. The van der Waals surface area contributed by atoms with Gasteiger partial charge in [0.05, 0.1) is 0 Å². The number of aromatic nitrogens is 3. The van der Waals surface area contributed by atoms with Gasteiger partial charge in [0, 0.05) is 18.7 Å². The molecule has 2 aromatic heterocycles. The summed E-state index contributed by atoms with van der Waals surface area (Å²) in [5.74, 6) is -0.645. The van der Waals surface area contributed by atoms with E-state index < -0.39 is 0 Å². The molecule has 0 fully saturated rings. The van der Waals surface area contributed by atoms with Crippen LogP contribution in [0.4, 0.5) is 10.3 Å². The number of amides is 2. The standard InChI is InChI=1S/C15H14FN5O.C3H7NO/c1-2-18-14(22)12-7-9(10-5-3-4-6-11(10)16)8-13-19-15(17)20-21(12)13;1-2-4-3-5/h3-8H,2H2,1H3,(H2,17,20)(H,18,22);3H,2H2,1H3,(H,4,5). The molecule has 0 atom stereocenters. The van der Waals surface area contributed by atoms with E-state index in [1.165, 1.54) is 10.6 Å². The van der Waals surface area contributed by atoms with Crippen molar-refractivity contribution in [3.8, 4) is 11.1 Å². The molecule has 3 rings (SSSR count). The minimum Gasteiger partial charge on any atom is -0.366 e. The lowest BCUT2D eigenvalue weighted by molar-refractivity contribution is -0.109. The molecule has 2 amide bonds. The second-order valence-electron chi connectivity index (χ2n) is 5.38. The third-order valence-corrected chi connectivity index (χ3v) is 3.50. The number of hydrogen-bond acceptors (Lipinski definition) is 5. The van der Waals surface area contributed by atoms with Crippen molar-refractivity contribution < 1.29 is 14.0 Å². The highest BCUT2D eigenvalue weighted by atomic mass is 19.1. The molecule has 0 bridgehead atoms. The van der Waals surface area contributed by atoms with E-state index in [0.717, 1.165) is 6.54 Å².